The van der Waals surface area contributed by atoms with E-state index in [4.69, 9.17) is 11.6 Å². The smallest absolute Gasteiger partial charge is 0.296 e. The molecule has 6 heteroatoms. The van der Waals surface area contributed by atoms with Gasteiger partial charge < -0.3 is 0 Å². The van der Waals surface area contributed by atoms with E-state index in [2.05, 4.69) is 4.98 Å². The second-order valence-electron chi connectivity index (χ2n) is 4.58. The van der Waals surface area contributed by atoms with E-state index in [1.54, 1.807) is 30.1 Å². The number of nitrogens with zero attached hydrogens (tertiary/aromatic N) is 3. The highest BCUT2D eigenvalue weighted by Crippen LogP contribution is 1.99. The van der Waals surface area contributed by atoms with E-state index in [-0.39, 0.29) is 11.2 Å². The van der Waals surface area contributed by atoms with Crippen molar-refractivity contribution in [1.29, 1.82) is 0 Å². The minimum atomic E-state index is -0.303. The molecule has 0 unspecified atom stereocenters. The first-order valence-corrected chi connectivity index (χ1v) is 6.92. The Balaban J connectivity index is 2.42. The summed E-state index contributed by atoms with van der Waals surface area (Å²) in [6.45, 7) is 2.48. The summed E-state index contributed by atoms with van der Waals surface area (Å²) in [6.07, 6.45) is 5.55. The van der Waals surface area contributed by atoms with Crippen molar-refractivity contribution in [3.63, 3.8) is 0 Å². The van der Waals surface area contributed by atoms with Crippen molar-refractivity contribution in [2.24, 2.45) is 0 Å². The zero-order valence-corrected chi connectivity index (χ0v) is 12.0. The van der Waals surface area contributed by atoms with Gasteiger partial charge in [0.1, 0.15) is 0 Å². The normalized spacial score (nSPS) is 10.7. The van der Waals surface area contributed by atoms with E-state index >= 15 is 0 Å². The molecule has 2 heterocycles. The summed E-state index contributed by atoms with van der Waals surface area (Å²) in [5.41, 5.74) is 0.964. The Morgan fingerprint density at radius 1 is 1.25 bits per heavy atom. The number of hydrogen-bond donors (Lipinski definition) is 0. The molecule has 0 aromatic carbocycles. The van der Waals surface area contributed by atoms with E-state index in [1.807, 2.05) is 12.1 Å². The number of alkyl halides is 1. The topological polar surface area (TPSA) is 56.9 Å². The van der Waals surface area contributed by atoms with E-state index in [0.717, 1.165) is 5.56 Å². The maximum absolute atomic E-state index is 12.3. The predicted octanol–water partition coefficient (Wildman–Crippen LogP) is 1.39. The second-order valence-corrected chi connectivity index (χ2v) is 4.96. The molecule has 0 saturated heterocycles. The third-order valence-electron chi connectivity index (χ3n) is 3.03. The summed E-state index contributed by atoms with van der Waals surface area (Å²) in [6, 6.07) is 3.69. The molecular formula is C14H16ClN3O2. The van der Waals surface area contributed by atoms with Crippen molar-refractivity contribution < 1.29 is 0 Å². The summed E-state index contributed by atoms with van der Waals surface area (Å²) in [4.78, 5) is 28.3. The highest BCUT2D eigenvalue weighted by molar-refractivity contribution is 6.17. The molecule has 2 aromatic heterocycles. The number of aromatic nitrogens is 3. The van der Waals surface area contributed by atoms with Gasteiger partial charge in [-0.1, -0.05) is 0 Å². The van der Waals surface area contributed by atoms with Crippen LogP contribution in [0.2, 0.25) is 0 Å². The molecule has 0 aliphatic heterocycles. The quantitative estimate of drug-likeness (QED) is 0.783. The molecule has 0 bridgehead atoms. The van der Waals surface area contributed by atoms with Gasteiger partial charge in [-0.3, -0.25) is 18.9 Å². The predicted molar refractivity (Wildman–Crippen MR) is 78.4 cm³/mol. The van der Waals surface area contributed by atoms with E-state index in [0.29, 0.717) is 31.0 Å². The molecule has 0 spiro atoms. The lowest BCUT2D eigenvalue weighted by atomic mass is 10.2. The summed E-state index contributed by atoms with van der Waals surface area (Å²) in [5, 5.41) is 0. The van der Waals surface area contributed by atoms with Crippen molar-refractivity contribution >= 4 is 11.6 Å². The lowest BCUT2D eigenvalue weighted by Gasteiger charge is -2.11. The standard InChI is InChI=1S/C14H16ClN3O2/c1-11-9-17(10-12-3-6-16-7-4-12)14(20)18(13(11)19)8-2-5-15/h3-4,6-7,9H,2,5,8,10H2,1H3. The van der Waals surface area contributed by atoms with Crippen LogP contribution in [0.4, 0.5) is 0 Å². The average Bonchev–Trinajstić information content (AvgIpc) is 2.46. The Labute approximate surface area is 121 Å². The maximum atomic E-state index is 12.3. The molecule has 0 aliphatic carbocycles. The molecule has 0 radical (unpaired) electrons. The molecule has 5 nitrogen and oxygen atoms in total. The molecule has 0 fully saturated rings. The van der Waals surface area contributed by atoms with E-state index < -0.39 is 0 Å². The van der Waals surface area contributed by atoms with Crippen molar-refractivity contribution in [2.45, 2.75) is 26.4 Å². The van der Waals surface area contributed by atoms with Crippen LogP contribution in [0.3, 0.4) is 0 Å². The molecule has 0 amide bonds. The Morgan fingerprint density at radius 3 is 2.60 bits per heavy atom. The van der Waals surface area contributed by atoms with Crippen molar-refractivity contribution in [2.75, 3.05) is 5.88 Å². The maximum Gasteiger partial charge on any atom is 0.331 e. The van der Waals surface area contributed by atoms with Gasteiger partial charge in [0.25, 0.3) is 5.56 Å². The Kier molecular flexibility index (Phi) is 4.74. The fraction of sp³-hybridized carbons (Fsp3) is 0.357. The number of rotatable bonds is 5. The molecule has 2 aromatic rings. The second kappa shape index (κ2) is 6.52. The highest BCUT2D eigenvalue weighted by Gasteiger charge is 2.08. The molecule has 106 valence electrons. The Hall–Kier alpha value is -1.88. The van der Waals surface area contributed by atoms with Gasteiger partial charge in [-0.2, -0.15) is 0 Å². The SMILES string of the molecule is Cc1cn(Cc2ccncc2)c(=O)n(CCCCl)c1=O. The van der Waals surface area contributed by atoms with Crippen LogP contribution >= 0.6 is 11.6 Å². The molecule has 0 aliphatic rings. The van der Waals surface area contributed by atoms with Crippen LogP contribution in [0.5, 0.6) is 0 Å². The zero-order valence-electron chi connectivity index (χ0n) is 11.3. The molecule has 0 atom stereocenters. The van der Waals surface area contributed by atoms with Gasteiger partial charge in [0.2, 0.25) is 0 Å². The van der Waals surface area contributed by atoms with Gasteiger partial charge in [0.15, 0.2) is 0 Å². The van der Waals surface area contributed by atoms with Gasteiger partial charge in [0.05, 0.1) is 6.54 Å². The summed E-state index contributed by atoms with van der Waals surface area (Å²) < 4.78 is 2.79. The first-order valence-electron chi connectivity index (χ1n) is 6.39. The Morgan fingerprint density at radius 2 is 1.95 bits per heavy atom. The van der Waals surface area contributed by atoms with E-state index in [9.17, 15) is 9.59 Å². The van der Waals surface area contributed by atoms with Gasteiger partial charge in [-0.25, -0.2) is 4.79 Å². The van der Waals surface area contributed by atoms with Crippen LogP contribution < -0.4 is 11.2 Å². The largest absolute Gasteiger partial charge is 0.331 e. The van der Waals surface area contributed by atoms with Gasteiger partial charge in [0, 0.05) is 36.6 Å². The number of aryl methyl sites for hydroxylation is 1. The lowest BCUT2D eigenvalue weighted by Crippen LogP contribution is -2.41. The summed E-state index contributed by atoms with van der Waals surface area (Å²) >= 11 is 5.63. The van der Waals surface area contributed by atoms with Crippen molar-refractivity contribution in [3.05, 3.63) is 62.7 Å². The number of pyridine rings is 1. The lowest BCUT2D eigenvalue weighted by molar-refractivity contribution is 0.562. The van der Waals surface area contributed by atoms with Crippen molar-refractivity contribution in [1.82, 2.24) is 14.1 Å². The zero-order chi connectivity index (χ0) is 14.5. The molecule has 2 rings (SSSR count). The molecular weight excluding hydrogens is 278 g/mol. The third kappa shape index (κ3) is 3.17. The molecule has 0 N–H and O–H groups in total. The molecule has 0 saturated carbocycles. The number of hydrogen-bond acceptors (Lipinski definition) is 3. The average molecular weight is 294 g/mol. The van der Waals surface area contributed by atoms with Crippen LogP contribution in [0.15, 0.2) is 40.3 Å². The van der Waals surface area contributed by atoms with Gasteiger partial charge in [-0.05, 0) is 31.0 Å². The molecule has 20 heavy (non-hydrogen) atoms. The monoisotopic (exact) mass is 293 g/mol. The van der Waals surface area contributed by atoms with Crippen LogP contribution in [-0.4, -0.2) is 20.0 Å². The minimum absolute atomic E-state index is 0.244. The van der Waals surface area contributed by atoms with Gasteiger partial charge in [-0.15, -0.1) is 11.6 Å². The highest BCUT2D eigenvalue weighted by atomic mass is 35.5. The third-order valence-corrected chi connectivity index (χ3v) is 3.29. The van der Waals surface area contributed by atoms with Gasteiger partial charge >= 0.3 is 5.69 Å². The number of halogens is 1. The van der Waals surface area contributed by atoms with Crippen LogP contribution in [-0.2, 0) is 13.1 Å². The Bertz CT molecular complexity index is 692. The first kappa shape index (κ1) is 14.5. The van der Waals surface area contributed by atoms with Crippen LogP contribution in [0, 0.1) is 6.92 Å². The fourth-order valence-corrected chi connectivity index (χ4v) is 2.13. The van der Waals surface area contributed by atoms with Crippen molar-refractivity contribution in [3.8, 4) is 0 Å². The minimum Gasteiger partial charge on any atom is -0.296 e. The summed E-state index contributed by atoms with van der Waals surface area (Å²) in [7, 11) is 0. The fourth-order valence-electron chi connectivity index (χ4n) is 2.01. The van der Waals surface area contributed by atoms with E-state index in [1.165, 1.54) is 4.57 Å². The first-order chi connectivity index (χ1) is 9.63. The van der Waals surface area contributed by atoms with Crippen LogP contribution in [0.1, 0.15) is 17.5 Å². The van der Waals surface area contributed by atoms with Crippen LogP contribution in [0.25, 0.3) is 0 Å². The summed E-state index contributed by atoms with van der Waals surface area (Å²) in [5.74, 6) is 0.421.